The van der Waals surface area contributed by atoms with Gasteiger partial charge in [0.2, 0.25) is 6.17 Å². The first kappa shape index (κ1) is 18.6. The number of hydrogen-bond acceptors (Lipinski definition) is 3. The molecule has 3 rings (SSSR count). The van der Waals surface area contributed by atoms with Crippen LogP contribution in [0, 0.1) is 0 Å². The summed E-state index contributed by atoms with van der Waals surface area (Å²) in [6.45, 7) is 0.0691. The molecule has 3 aromatic rings. The second kappa shape index (κ2) is 7.61. The first-order valence-electron chi connectivity index (χ1n) is 7.47. The van der Waals surface area contributed by atoms with Crippen molar-refractivity contribution < 1.29 is 19.1 Å². The molecule has 134 valence electrons. The molecule has 0 aliphatic carbocycles. The number of fused-ring (bicyclic) bond motifs is 1. The fourth-order valence-corrected chi connectivity index (χ4v) is 3.82. The molecule has 0 aliphatic heterocycles. The van der Waals surface area contributed by atoms with Crippen molar-refractivity contribution in [3.63, 3.8) is 0 Å². The minimum Gasteiger partial charge on any atom is -0.477 e. The van der Waals surface area contributed by atoms with Crippen LogP contribution in [0.1, 0.15) is 27.0 Å². The molecule has 2 aromatic carbocycles. The summed E-state index contributed by atoms with van der Waals surface area (Å²) >= 11 is 12.9. The van der Waals surface area contributed by atoms with Crippen LogP contribution in [0.15, 0.2) is 42.5 Å². The van der Waals surface area contributed by atoms with Gasteiger partial charge in [0, 0.05) is 21.3 Å². The summed E-state index contributed by atoms with van der Waals surface area (Å²) in [6, 6.07) is 10.9. The fraction of sp³-hybridized carbons (Fsp3) is 0.111. The molecule has 0 radical (unpaired) electrons. The summed E-state index contributed by atoms with van der Waals surface area (Å²) in [6.07, 6.45) is -1.87. The van der Waals surface area contributed by atoms with Crippen LogP contribution in [0.4, 0.5) is 4.39 Å². The minimum absolute atomic E-state index is 0.0691. The predicted octanol–water partition coefficient (Wildman–Crippen LogP) is 5.23. The molecule has 0 spiro atoms. The standard InChI is InChI=1S/C18H12Cl2FNO3S/c19-12-4-3-11(13(20)7-12)8-22-17(23)16(21)10-2-1-9-5-15(18(24)25)26-14(9)6-10/h1-7,16H,8H2,(H,22,23)(H,24,25). The number of carboxylic acids is 1. The minimum atomic E-state index is -1.87. The molecule has 1 heterocycles. The molecule has 0 bridgehead atoms. The van der Waals surface area contributed by atoms with Gasteiger partial charge in [-0.15, -0.1) is 11.3 Å². The Bertz CT molecular complexity index is 1010. The number of carbonyl (C=O) groups is 2. The van der Waals surface area contributed by atoms with Crippen LogP contribution in [-0.4, -0.2) is 17.0 Å². The number of benzene rings is 2. The lowest BCUT2D eigenvalue weighted by atomic mass is 10.1. The first-order chi connectivity index (χ1) is 12.3. The normalized spacial score (nSPS) is 12.1. The number of carbonyl (C=O) groups excluding carboxylic acids is 1. The molecule has 0 saturated heterocycles. The highest BCUT2D eigenvalue weighted by Crippen LogP contribution is 2.30. The summed E-state index contributed by atoms with van der Waals surface area (Å²) in [5, 5.41) is 13.1. The molecule has 1 unspecified atom stereocenters. The van der Waals surface area contributed by atoms with Crippen molar-refractivity contribution in [2.24, 2.45) is 0 Å². The van der Waals surface area contributed by atoms with Crippen molar-refractivity contribution in [2.75, 3.05) is 0 Å². The lowest BCUT2D eigenvalue weighted by molar-refractivity contribution is -0.126. The van der Waals surface area contributed by atoms with Crippen LogP contribution in [0.2, 0.25) is 10.0 Å². The number of alkyl halides is 1. The van der Waals surface area contributed by atoms with Gasteiger partial charge in [-0.05, 0) is 40.8 Å². The van der Waals surface area contributed by atoms with Gasteiger partial charge in [0.25, 0.3) is 5.91 Å². The molecule has 1 atom stereocenters. The third-order valence-electron chi connectivity index (χ3n) is 3.75. The summed E-state index contributed by atoms with van der Waals surface area (Å²) in [5.41, 5.74) is 0.785. The molecule has 1 aromatic heterocycles. The number of thiophene rings is 1. The monoisotopic (exact) mass is 411 g/mol. The van der Waals surface area contributed by atoms with Crippen LogP contribution >= 0.6 is 34.5 Å². The van der Waals surface area contributed by atoms with E-state index in [4.69, 9.17) is 28.3 Å². The van der Waals surface area contributed by atoms with Gasteiger partial charge in [0.05, 0.1) is 0 Å². The maximum Gasteiger partial charge on any atom is 0.345 e. The van der Waals surface area contributed by atoms with Gasteiger partial charge in [-0.25, -0.2) is 9.18 Å². The zero-order chi connectivity index (χ0) is 18.8. The van der Waals surface area contributed by atoms with Crippen molar-refractivity contribution in [3.8, 4) is 0 Å². The Labute approximate surface area is 162 Å². The van der Waals surface area contributed by atoms with E-state index in [1.165, 1.54) is 18.2 Å². The van der Waals surface area contributed by atoms with E-state index >= 15 is 0 Å². The zero-order valence-corrected chi connectivity index (χ0v) is 15.5. The number of hydrogen-bond donors (Lipinski definition) is 2. The van der Waals surface area contributed by atoms with Gasteiger partial charge in [0.15, 0.2) is 0 Å². The van der Waals surface area contributed by atoms with Crippen LogP contribution in [0.3, 0.4) is 0 Å². The van der Waals surface area contributed by atoms with Gasteiger partial charge in [-0.3, -0.25) is 4.79 Å². The molecule has 2 N–H and O–H groups in total. The van der Waals surface area contributed by atoms with Crippen LogP contribution in [0.25, 0.3) is 10.1 Å². The quantitative estimate of drug-likeness (QED) is 0.603. The average Bonchev–Trinajstić information content (AvgIpc) is 3.03. The van der Waals surface area contributed by atoms with E-state index in [0.717, 1.165) is 11.3 Å². The maximum absolute atomic E-state index is 14.5. The summed E-state index contributed by atoms with van der Waals surface area (Å²) in [4.78, 5) is 23.3. The van der Waals surface area contributed by atoms with Gasteiger partial charge < -0.3 is 10.4 Å². The van der Waals surface area contributed by atoms with Gasteiger partial charge in [-0.1, -0.05) is 41.4 Å². The largest absolute Gasteiger partial charge is 0.477 e. The van der Waals surface area contributed by atoms with Gasteiger partial charge in [-0.2, -0.15) is 0 Å². The van der Waals surface area contributed by atoms with Crippen LogP contribution in [0.5, 0.6) is 0 Å². The van der Waals surface area contributed by atoms with E-state index in [1.54, 1.807) is 24.3 Å². The summed E-state index contributed by atoms with van der Waals surface area (Å²) < 4.78 is 15.1. The number of halogens is 3. The zero-order valence-electron chi connectivity index (χ0n) is 13.1. The molecule has 0 aliphatic rings. The summed E-state index contributed by atoms with van der Waals surface area (Å²) in [7, 11) is 0. The Morgan fingerprint density at radius 1 is 1.15 bits per heavy atom. The predicted molar refractivity (Wildman–Crippen MR) is 101 cm³/mol. The molecule has 0 fully saturated rings. The van der Waals surface area contributed by atoms with Crippen molar-refractivity contribution in [1.82, 2.24) is 5.32 Å². The van der Waals surface area contributed by atoms with Crippen molar-refractivity contribution in [1.29, 1.82) is 0 Å². The van der Waals surface area contributed by atoms with E-state index in [9.17, 15) is 14.0 Å². The first-order valence-corrected chi connectivity index (χ1v) is 9.05. The molecular weight excluding hydrogens is 400 g/mol. The van der Waals surface area contributed by atoms with Crippen LogP contribution in [-0.2, 0) is 11.3 Å². The van der Waals surface area contributed by atoms with Gasteiger partial charge in [0.1, 0.15) is 4.88 Å². The van der Waals surface area contributed by atoms with Crippen molar-refractivity contribution in [3.05, 3.63) is 68.5 Å². The topological polar surface area (TPSA) is 66.4 Å². The Balaban J connectivity index is 1.73. The molecule has 26 heavy (non-hydrogen) atoms. The third kappa shape index (κ3) is 3.98. The number of aromatic carboxylic acids is 1. The highest BCUT2D eigenvalue weighted by atomic mass is 35.5. The SMILES string of the molecule is O=C(O)c1cc2ccc(C(F)C(=O)NCc3ccc(Cl)cc3Cl)cc2s1. The number of rotatable bonds is 5. The number of nitrogens with one attached hydrogen (secondary N) is 1. The Morgan fingerprint density at radius 2 is 1.92 bits per heavy atom. The average molecular weight is 412 g/mol. The summed E-state index contributed by atoms with van der Waals surface area (Å²) in [5.74, 6) is -1.84. The Hall–Kier alpha value is -2.15. The molecular formula is C18H12Cl2FNO3S. The number of amides is 1. The lowest BCUT2D eigenvalue weighted by Crippen LogP contribution is -2.27. The van der Waals surface area contributed by atoms with E-state index in [1.807, 2.05) is 0 Å². The van der Waals surface area contributed by atoms with Crippen LogP contribution < -0.4 is 5.32 Å². The van der Waals surface area contributed by atoms with E-state index < -0.39 is 18.0 Å². The highest BCUT2D eigenvalue weighted by Gasteiger charge is 2.21. The highest BCUT2D eigenvalue weighted by molar-refractivity contribution is 7.20. The van der Waals surface area contributed by atoms with E-state index in [-0.39, 0.29) is 17.0 Å². The Kier molecular flexibility index (Phi) is 5.46. The van der Waals surface area contributed by atoms with Crippen molar-refractivity contribution in [2.45, 2.75) is 12.7 Å². The van der Waals surface area contributed by atoms with E-state index in [0.29, 0.717) is 25.7 Å². The smallest absolute Gasteiger partial charge is 0.345 e. The number of carboxylic acid groups (broad SMARTS) is 1. The fourth-order valence-electron chi connectivity index (χ4n) is 2.40. The second-order valence-corrected chi connectivity index (χ2v) is 7.46. The Morgan fingerprint density at radius 3 is 2.62 bits per heavy atom. The van der Waals surface area contributed by atoms with Gasteiger partial charge >= 0.3 is 5.97 Å². The van der Waals surface area contributed by atoms with E-state index in [2.05, 4.69) is 5.32 Å². The molecule has 1 amide bonds. The maximum atomic E-state index is 14.5. The third-order valence-corrected chi connectivity index (χ3v) is 5.42. The van der Waals surface area contributed by atoms with Crippen molar-refractivity contribution >= 4 is 56.5 Å². The second-order valence-electron chi connectivity index (χ2n) is 5.53. The molecule has 0 saturated carbocycles. The molecule has 4 nitrogen and oxygen atoms in total. The molecule has 8 heteroatoms. The lowest BCUT2D eigenvalue weighted by Gasteiger charge is -2.11.